The van der Waals surface area contributed by atoms with Crippen LogP contribution in [0.15, 0.2) is 52.5 Å². The van der Waals surface area contributed by atoms with Crippen LogP contribution in [0.3, 0.4) is 0 Å². The molecule has 0 bridgehead atoms. The minimum Gasteiger partial charge on any atom is -0.333 e. The number of aryl methyl sites for hydroxylation is 1. The van der Waals surface area contributed by atoms with Gasteiger partial charge in [-0.05, 0) is 36.2 Å². The number of para-hydroxylation sites is 2. The molecule has 3 aromatic rings. The van der Waals surface area contributed by atoms with E-state index < -0.39 is 0 Å². The minimum atomic E-state index is 0.580. The average molecular weight is 269 g/mol. The summed E-state index contributed by atoms with van der Waals surface area (Å²) in [5.74, 6) is 0. The van der Waals surface area contributed by atoms with Crippen LogP contribution in [0.5, 0.6) is 0 Å². The van der Waals surface area contributed by atoms with Crippen LogP contribution in [-0.4, -0.2) is 9.97 Å². The smallest absolute Gasteiger partial charge is 0.171 e. The van der Waals surface area contributed by atoms with Crippen molar-refractivity contribution in [2.45, 2.75) is 23.5 Å². The van der Waals surface area contributed by atoms with Crippen LogP contribution in [-0.2, 0) is 6.54 Å². The van der Waals surface area contributed by atoms with Crippen LogP contribution >= 0.6 is 11.8 Å². The van der Waals surface area contributed by atoms with Gasteiger partial charge in [-0.25, -0.2) is 4.98 Å². The summed E-state index contributed by atoms with van der Waals surface area (Å²) in [6.45, 7) is 2.68. The topological polar surface area (TPSA) is 54.7 Å². The summed E-state index contributed by atoms with van der Waals surface area (Å²) in [4.78, 5) is 9.11. The van der Waals surface area contributed by atoms with Gasteiger partial charge in [-0.15, -0.1) is 0 Å². The van der Waals surface area contributed by atoms with E-state index in [1.807, 2.05) is 24.3 Å². The number of benzene rings is 2. The molecule has 0 fully saturated rings. The average Bonchev–Trinajstić information content (AvgIpc) is 2.83. The Morgan fingerprint density at radius 2 is 2.05 bits per heavy atom. The van der Waals surface area contributed by atoms with Gasteiger partial charge in [0.1, 0.15) is 0 Å². The van der Waals surface area contributed by atoms with Gasteiger partial charge in [0.15, 0.2) is 5.16 Å². The summed E-state index contributed by atoms with van der Waals surface area (Å²) in [5, 5.41) is 0.921. The zero-order chi connectivity index (χ0) is 13.2. The molecule has 4 heteroatoms. The monoisotopic (exact) mass is 269 g/mol. The second-order valence-corrected chi connectivity index (χ2v) is 5.50. The lowest BCUT2D eigenvalue weighted by Crippen LogP contribution is -1.96. The molecule has 0 amide bonds. The fourth-order valence-corrected chi connectivity index (χ4v) is 2.90. The van der Waals surface area contributed by atoms with Crippen molar-refractivity contribution in [1.29, 1.82) is 0 Å². The Bertz CT molecular complexity index is 685. The van der Waals surface area contributed by atoms with E-state index in [9.17, 15) is 0 Å². The van der Waals surface area contributed by atoms with E-state index in [1.165, 1.54) is 10.5 Å². The highest BCUT2D eigenvalue weighted by Crippen LogP contribution is 2.30. The van der Waals surface area contributed by atoms with Crippen molar-refractivity contribution in [1.82, 2.24) is 9.97 Å². The summed E-state index contributed by atoms with van der Waals surface area (Å²) in [7, 11) is 0. The van der Waals surface area contributed by atoms with Gasteiger partial charge in [0.25, 0.3) is 0 Å². The maximum Gasteiger partial charge on any atom is 0.171 e. The number of imidazole rings is 1. The predicted molar refractivity (Wildman–Crippen MR) is 79.3 cm³/mol. The SMILES string of the molecule is Cc1cc(CN)ccc1Sc1nc2ccccc2[nH]1. The van der Waals surface area contributed by atoms with Gasteiger partial charge in [0.05, 0.1) is 11.0 Å². The summed E-state index contributed by atoms with van der Waals surface area (Å²) in [5.41, 5.74) is 10.1. The third-order valence-corrected chi connectivity index (χ3v) is 4.11. The van der Waals surface area contributed by atoms with Gasteiger partial charge >= 0.3 is 0 Å². The van der Waals surface area contributed by atoms with Crippen molar-refractivity contribution >= 4 is 22.8 Å². The molecule has 0 aliphatic rings. The lowest BCUT2D eigenvalue weighted by molar-refractivity contribution is 1.05. The van der Waals surface area contributed by atoms with Crippen molar-refractivity contribution in [3.05, 3.63) is 53.6 Å². The molecule has 2 aromatic carbocycles. The molecular weight excluding hydrogens is 254 g/mol. The normalized spacial score (nSPS) is 11.1. The molecule has 0 saturated carbocycles. The molecule has 0 atom stereocenters. The largest absolute Gasteiger partial charge is 0.333 e. The van der Waals surface area contributed by atoms with Crippen LogP contribution in [0, 0.1) is 6.92 Å². The number of H-pyrrole nitrogens is 1. The molecule has 0 aliphatic carbocycles. The fourth-order valence-electron chi connectivity index (χ4n) is 2.03. The quantitative estimate of drug-likeness (QED) is 0.765. The highest BCUT2D eigenvalue weighted by Gasteiger charge is 2.06. The summed E-state index contributed by atoms with van der Waals surface area (Å²) in [6, 6.07) is 14.4. The molecule has 0 radical (unpaired) electrons. The molecule has 96 valence electrons. The molecular formula is C15H15N3S. The number of rotatable bonds is 3. The zero-order valence-electron chi connectivity index (χ0n) is 10.7. The second kappa shape index (κ2) is 5.07. The van der Waals surface area contributed by atoms with Crippen LogP contribution < -0.4 is 5.73 Å². The van der Waals surface area contributed by atoms with E-state index in [2.05, 4.69) is 35.1 Å². The first-order chi connectivity index (χ1) is 9.26. The first-order valence-corrected chi connectivity index (χ1v) is 7.00. The molecule has 3 N–H and O–H groups in total. The van der Waals surface area contributed by atoms with Crippen molar-refractivity contribution in [3.63, 3.8) is 0 Å². The summed E-state index contributed by atoms with van der Waals surface area (Å²) < 4.78 is 0. The number of hydrogen-bond acceptors (Lipinski definition) is 3. The molecule has 0 unspecified atom stereocenters. The van der Waals surface area contributed by atoms with Gasteiger partial charge in [0, 0.05) is 11.4 Å². The van der Waals surface area contributed by atoms with Crippen molar-refractivity contribution in [2.75, 3.05) is 0 Å². The van der Waals surface area contributed by atoms with E-state index >= 15 is 0 Å². The molecule has 3 nitrogen and oxygen atoms in total. The third-order valence-electron chi connectivity index (χ3n) is 3.05. The van der Waals surface area contributed by atoms with Crippen LogP contribution in [0.2, 0.25) is 0 Å². The molecule has 0 aliphatic heterocycles. The number of aromatic nitrogens is 2. The lowest BCUT2D eigenvalue weighted by atomic mass is 10.1. The van der Waals surface area contributed by atoms with Gasteiger partial charge in [-0.2, -0.15) is 0 Å². The Kier molecular flexibility index (Phi) is 3.27. The number of aromatic amines is 1. The third kappa shape index (κ3) is 2.50. The second-order valence-electron chi connectivity index (χ2n) is 4.47. The van der Waals surface area contributed by atoms with Crippen LogP contribution in [0.1, 0.15) is 11.1 Å². The highest BCUT2D eigenvalue weighted by molar-refractivity contribution is 7.99. The van der Waals surface area contributed by atoms with E-state index in [0.717, 1.165) is 21.8 Å². The van der Waals surface area contributed by atoms with Crippen molar-refractivity contribution in [3.8, 4) is 0 Å². The van der Waals surface area contributed by atoms with Crippen molar-refractivity contribution < 1.29 is 0 Å². The number of nitrogens with zero attached hydrogens (tertiary/aromatic N) is 1. The summed E-state index contributed by atoms with van der Waals surface area (Å²) in [6.07, 6.45) is 0. The van der Waals surface area contributed by atoms with Crippen LogP contribution in [0.4, 0.5) is 0 Å². The number of nitrogens with two attached hydrogens (primary N) is 1. The van der Waals surface area contributed by atoms with Gasteiger partial charge in [0.2, 0.25) is 0 Å². The Morgan fingerprint density at radius 3 is 2.79 bits per heavy atom. The molecule has 19 heavy (non-hydrogen) atoms. The minimum absolute atomic E-state index is 0.580. The molecule has 0 spiro atoms. The van der Waals surface area contributed by atoms with E-state index in [4.69, 9.17) is 5.73 Å². The van der Waals surface area contributed by atoms with Crippen molar-refractivity contribution in [2.24, 2.45) is 5.73 Å². The fraction of sp³-hybridized carbons (Fsp3) is 0.133. The summed E-state index contributed by atoms with van der Waals surface area (Å²) >= 11 is 1.65. The Labute approximate surface area is 116 Å². The Morgan fingerprint density at radius 1 is 1.21 bits per heavy atom. The highest BCUT2D eigenvalue weighted by atomic mass is 32.2. The number of hydrogen-bond donors (Lipinski definition) is 2. The lowest BCUT2D eigenvalue weighted by Gasteiger charge is -2.05. The van der Waals surface area contributed by atoms with E-state index in [-0.39, 0.29) is 0 Å². The molecule has 0 saturated heterocycles. The van der Waals surface area contributed by atoms with Crippen LogP contribution in [0.25, 0.3) is 11.0 Å². The Balaban J connectivity index is 1.92. The van der Waals surface area contributed by atoms with Gasteiger partial charge in [-0.1, -0.05) is 36.0 Å². The molecule has 3 rings (SSSR count). The van der Waals surface area contributed by atoms with E-state index in [1.54, 1.807) is 11.8 Å². The maximum atomic E-state index is 5.65. The number of nitrogens with one attached hydrogen (secondary N) is 1. The first kappa shape index (κ1) is 12.3. The van der Waals surface area contributed by atoms with E-state index in [0.29, 0.717) is 6.54 Å². The Hall–Kier alpha value is -1.78. The van der Waals surface area contributed by atoms with Gasteiger partial charge < -0.3 is 10.7 Å². The van der Waals surface area contributed by atoms with Gasteiger partial charge in [-0.3, -0.25) is 0 Å². The molecule has 1 aromatic heterocycles. The maximum absolute atomic E-state index is 5.65. The predicted octanol–water partition coefficient (Wildman–Crippen LogP) is 3.48. The number of fused-ring (bicyclic) bond motifs is 1. The zero-order valence-corrected chi connectivity index (χ0v) is 11.5. The first-order valence-electron chi connectivity index (χ1n) is 6.18. The molecule has 1 heterocycles. The standard InChI is InChI=1S/C15H15N3S/c1-10-8-11(9-16)6-7-14(10)19-15-17-12-4-2-3-5-13(12)18-15/h2-8H,9,16H2,1H3,(H,17,18).